The third-order valence-corrected chi connectivity index (χ3v) is 4.07. The minimum atomic E-state index is -1.04. The zero-order valence-corrected chi connectivity index (χ0v) is 12.7. The van der Waals surface area contributed by atoms with Crippen molar-refractivity contribution in [1.82, 2.24) is 4.90 Å². The molecule has 2 heterocycles. The molecule has 1 amide bonds. The number of rotatable bonds is 5. The van der Waals surface area contributed by atoms with Crippen LogP contribution in [0.3, 0.4) is 0 Å². The molecule has 1 N–H and O–H groups in total. The van der Waals surface area contributed by atoms with Crippen LogP contribution in [-0.2, 0) is 6.42 Å². The zero-order valence-electron chi connectivity index (χ0n) is 12.7. The molecule has 5 heteroatoms. The summed E-state index contributed by atoms with van der Waals surface area (Å²) in [5.74, 6) is -0.156. The average Bonchev–Trinajstić information content (AvgIpc) is 2.91. The van der Waals surface area contributed by atoms with E-state index in [1.807, 2.05) is 6.92 Å². The topological polar surface area (TPSA) is 70.8 Å². The molecule has 1 aromatic rings. The number of aromatic carboxylic acids is 1. The van der Waals surface area contributed by atoms with Gasteiger partial charge in [-0.25, -0.2) is 4.79 Å². The van der Waals surface area contributed by atoms with Gasteiger partial charge in [-0.05, 0) is 25.2 Å². The summed E-state index contributed by atoms with van der Waals surface area (Å²) in [5.41, 5.74) is 0.1000. The Morgan fingerprint density at radius 2 is 2.19 bits per heavy atom. The van der Waals surface area contributed by atoms with Gasteiger partial charge in [0.1, 0.15) is 11.3 Å². The minimum Gasteiger partial charge on any atom is -0.478 e. The maximum Gasteiger partial charge on any atom is 0.339 e. The van der Waals surface area contributed by atoms with Crippen LogP contribution >= 0.6 is 0 Å². The Labute approximate surface area is 124 Å². The maximum atomic E-state index is 12.5. The van der Waals surface area contributed by atoms with E-state index in [-0.39, 0.29) is 17.2 Å². The second-order valence-electron chi connectivity index (χ2n) is 5.65. The van der Waals surface area contributed by atoms with Crippen molar-refractivity contribution < 1.29 is 19.1 Å². The zero-order chi connectivity index (χ0) is 15.4. The molecule has 0 radical (unpaired) electrons. The lowest BCUT2D eigenvalue weighted by molar-refractivity contribution is 0.0632. The molecule has 116 valence electrons. The van der Waals surface area contributed by atoms with Gasteiger partial charge in [0.2, 0.25) is 0 Å². The molecular weight excluding hydrogens is 270 g/mol. The van der Waals surface area contributed by atoms with E-state index in [1.165, 1.54) is 6.07 Å². The summed E-state index contributed by atoms with van der Waals surface area (Å²) in [5, 5.41) is 9.13. The molecule has 21 heavy (non-hydrogen) atoms. The first-order valence-electron chi connectivity index (χ1n) is 7.72. The molecule has 1 saturated heterocycles. The van der Waals surface area contributed by atoms with Crippen molar-refractivity contribution in [3.05, 3.63) is 23.2 Å². The quantitative estimate of drug-likeness (QED) is 0.905. The van der Waals surface area contributed by atoms with E-state index in [1.54, 1.807) is 4.90 Å². The number of amides is 1. The Bertz CT molecular complexity index is 518. The van der Waals surface area contributed by atoms with Gasteiger partial charge in [0.25, 0.3) is 5.91 Å². The van der Waals surface area contributed by atoms with E-state index < -0.39 is 5.97 Å². The fourth-order valence-electron chi connectivity index (χ4n) is 3.03. The molecule has 1 atom stereocenters. The molecule has 1 unspecified atom stereocenters. The van der Waals surface area contributed by atoms with E-state index in [9.17, 15) is 9.59 Å². The van der Waals surface area contributed by atoms with Gasteiger partial charge in [-0.3, -0.25) is 4.79 Å². The Morgan fingerprint density at radius 3 is 2.76 bits per heavy atom. The number of carbonyl (C=O) groups is 2. The lowest BCUT2D eigenvalue weighted by atomic mass is 9.93. The summed E-state index contributed by atoms with van der Waals surface area (Å²) >= 11 is 0. The fraction of sp³-hybridized carbons (Fsp3) is 0.625. The SMILES string of the molecule is CCCC1CCCN(C(=O)c2cc(C(=O)O)c(CC)o2)C1. The monoisotopic (exact) mass is 293 g/mol. The standard InChI is InChI=1S/C16H23NO4/c1-3-6-11-7-5-8-17(10-11)15(18)14-9-12(16(19)20)13(4-2)21-14/h9,11H,3-8,10H2,1-2H3,(H,19,20). The highest BCUT2D eigenvalue weighted by atomic mass is 16.4. The van der Waals surface area contributed by atoms with Gasteiger partial charge in [0.15, 0.2) is 5.76 Å². The molecule has 0 saturated carbocycles. The second kappa shape index (κ2) is 6.78. The molecule has 0 aliphatic carbocycles. The van der Waals surface area contributed by atoms with E-state index >= 15 is 0 Å². The largest absolute Gasteiger partial charge is 0.478 e. The lowest BCUT2D eigenvalue weighted by Gasteiger charge is -2.32. The van der Waals surface area contributed by atoms with Crippen LogP contribution in [0.25, 0.3) is 0 Å². The van der Waals surface area contributed by atoms with Gasteiger partial charge < -0.3 is 14.4 Å². The number of carboxylic acids is 1. The minimum absolute atomic E-state index is 0.1000. The highest BCUT2D eigenvalue weighted by molar-refractivity contribution is 5.96. The number of likely N-dealkylation sites (tertiary alicyclic amines) is 1. The number of hydrogen-bond donors (Lipinski definition) is 1. The molecule has 1 fully saturated rings. The third kappa shape index (κ3) is 3.46. The number of hydrogen-bond acceptors (Lipinski definition) is 3. The highest BCUT2D eigenvalue weighted by Gasteiger charge is 2.27. The Kier molecular flexibility index (Phi) is 5.04. The lowest BCUT2D eigenvalue weighted by Crippen LogP contribution is -2.39. The van der Waals surface area contributed by atoms with Crippen molar-refractivity contribution >= 4 is 11.9 Å². The average molecular weight is 293 g/mol. The van der Waals surface area contributed by atoms with Gasteiger partial charge in [-0.2, -0.15) is 0 Å². The van der Waals surface area contributed by atoms with Crippen LogP contribution in [0.5, 0.6) is 0 Å². The predicted molar refractivity (Wildman–Crippen MR) is 78.6 cm³/mol. The van der Waals surface area contributed by atoms with Crippen LogP contribution in [0.4, 0.5) is 0 Å². The Morgan fingerprint density at radius 1 is 1.43 bits per heavy atom. The maximum absolute atomic E-state index is 12.5. The number of nitrogens with zero attached hydrogens (tertiary/aromatic N) is 1. The number of furan rings is 1. The van der Waals surface area contributed by atoms with E-state index in [4.69, 9.17) is 9.52 Å². The van der Waals surface area contributed by atoms with Gasteiger partial charge in [-0.15, -0.1) is 0 Å². The van der Waals surface area contributed by atoms with Gasteiger partial charge in [-0.1, -0.05) is 20.3 Å². The van der Waals surface area contributed by atoms with Gasteiger partial charge in [0, 0.05) is 25.6 Å². The first-order chi connectivity index (χ1) is 10.1. The van der Waals surface area contributed by atoms with Gasteiger partial charge >= 0.3 is 5.97 Å². The van der Waals surface area contributed by atoms with Crippen LogP contribution in [0.15, 0.2) is 10.5 Å². The first-order valence-corrected chi connectivity index (χ1v) is 7.72. The number of carboxylic acid groups (broad SMARTS) is 1. The van der Waals surface area contributed by atoms with Gasteiger partial charge in [0.05, 0.1) is 0 Å². The second-order valence-corrected chi connectivity index (χ2v) is 5.65. The van der Waals surface area contributed by atoms with Crippen molar-refractivity contribution in [3.63, 3.8) is 0 Å². The molecule has 0 aromatic carbocycles. The van der Waals surface area contributed by atoms with Crippen molar-refractivity contribution in [2.45, 2.75) is 46.0 Å². The summed E-state index contributed by atoms with van der Waals surface area (Å²) < 4.78 is 5.46. The van der Waals surface area contributed by atoms with Crippen LogP contribution in [-0.4, -0.2) is 35.0 Å². The summed E-state index contributed by atoms with van der Waals surface area (Å²) in [7, 11) is 0. The van der Waals surface area contributed by atoms with Crippen molar-refractivity contribution in [1.29, 1.82) is 0 Å². The smallest absolute Gasteiger partial charge is 0.339 e. The molecule has 0 spiro atoms. The molecule has 5 nitrogen and oxygen atoms in total. The Balaban J connectivity index is 2.14. The third-order valence-electron chi connectivity index (χ3n) is 4.07. The summed E-state index contributed by atoms with van der Waals surface area (Å²) in [4.78, 5) is 25.4. The molecule has 1 aromatic heterocycles. The van der Waals surface area contributed by atoms with Crippen LogP contribution in [0, 0.1) is 5.92 Å². The van der Waals surface area contributed by atoms with E-state index in [0.717, 1.165) is 38.8 Å². The van der Waals surface area contributed by atoms with Crippen molar-refractivity contribution in [2.24, 2.45) is 5.92 Å². The summed E-state index contributed by atoms with van der Waals surface area (Å²) in [6, 6.07) is 1.37. The summed E-state index contributed by atoms with van der Waals surface area (Å²) in [6.45, 7) is 5.44. The summed E-state index contributed by atoms with van der Waals surface area (Å²) in [6.07, 6.45) is 4.88. The fourth-order valence-corrected chi connectivity index (χ4v) is 3.03. The van der Waals surface area contributed by atoms with E-state index in [2.05, 4.69) is 6.92 Å². The first kappa shape index (κ1) is 15.6. The van der Waals surface area contributed by atoms with Crippen LogP contribution < -0.4 is 0 Å². The molecular formula is C16H23NO4. The molecule has 1 aliphatic rings. The van der Waals surface area contributed by atoms with Crippen molar-refractivity contribution in [2.75, 3.05) is 13.1 Å². The van der Waals surface area contributed by atoms with E-state index in [0.29, 0.717) is 18.1 Å². The molecule has 2 rings (SSSR count). The van der Waals surface area contributed by atoms with Crippen LogP contribution in [0.2, 0.25) is 0 Å². The van der Waals surface area contributed by atoms with Crippen LogP contribution in [0.1, 0.15) is 66.2 Å². The highest BCUT2D eigenvalue weighted by Crippen LogP contribution is 2.24. The Hall–Kier alpha value is -1.78. The molecule has 0 bridgehead atoms. The normalized spacial score (nSPS) is 18.8. The number of aryl methyl sites for hydroxylation is 1. The number of piperidine rings is 1. The number of carbonyl (C=O) groups excluding carboxylic acids is 1. The van der Waals surface area contributed by atoms with Crippen molar-refractivity contribution in [3.8, 4) is 0 Å². The molecule has 1 aliphatic heterocycles. The predicted octanol–water partition coefficient (Wildman–Crippen LogP) is 3.19.